The van der Waals surface area contributed by atoms with Crippen molar-refractivity contribution >= 4 is 5.97 Å². The maximum absolute atomic E-state index is 11.4. The average Bonchev–Trinajstić information content (AvgIpc) is 2.21. The van der Waals surface area contributed by atoms with Gasteiger partial charge in [-0.2, -0.15) is 0 Å². The summed E-state index contributed by atoms with van der Waals surface area (Å²) in [5.74, 6) is -0.636. The molecule has 94 valence electrons. The standard InChI is InChI=1S/C13H24O3/c1-4-16-10-9-13(11(14)15)7-5-12(2,3)6-8-13/h4-10H2,1-3H3,(H,14,15). The molecule has 0 aliphatic heterocycles. The van der Waals surface area contributed by atoms with Gasteiger partial charge in [-0.25, -0.2) is 0 Å². The van der Waals surface area contributed by atoms with Crippen molar-refractivity contribution in [1.29, 1.82) is 0 Å². The van der Waals surface area contributed by atoms with Crippen LogP contribution in [0.4, 0.5) is 0 Å². The van der Waals surface area contributed by atoms with Gasteiger partial charge in [0.15, 0.2) is 0 Å². The first-order valence-corrected chi connectivity index (χ1v) is 6.23. The Bertz CT molecular complexity index is 236. The molecular weight excluding hydrogens is 204 g/mol. The molecule has 1 N–H and O–H groups in total. The van der Waals surface area contributed by atoms with E-state index in [0.717, 1.165) is 25.7 Å². The number of aliphatic carboxylic acids is 1. The Morgan fingerprint density at radius 1 is 1.25 bits per heavy atom. The number of rotatable bonds is 5. The summed E-state index contributed by atoms with van der Waals surface area (Å²) in [5.41, 5.74) is -0.213. The van der Waals surface area contributed by atoms with E-state index in [1.165, 1.54) is 0 Å². The highest BCUT2D eigenvalue weighted by Crippen LogP contribution is 2.47. The van der Waals surface area contributed by atoms with E-state index in [2.05, 4.69) is 13.8 Å². The van der Waals surface area contributed by atoms with Crippen molar-refractivity contribution in [3.63, 3.8) is 0 Å². The molecule has 0 aromatic heterocycles. The van der Waals surface area contributed by atoms with Crippen LogP contribution in [0.15, 0.2) is 0 Å². The van der Waals surface area contributed by atoms with Gasteiger partial charge in [-0.05, 0) is 44.4 Å². The molecule has 0 radical (unpaired) electrons. The lowest BCUT2D eigenvalue weighted by molar-refractivity contribution is -0.154. The monoisotopic (exact) mass is 228 g/mol. The number of hydrogen-bond donors (Lipinski definition) is 1. The predicted molar refractivity (Wildman–Crippen MR) is 63.4 cm³/mol. The van der Waals surface area contributed by atoms with Crippen molar-refractivity contribution in [1.82, 2.24) is 0 Å². The normalized spacial score (nSPS) is 22.9. The maximum Gasteiger partial charge on any atom is 0.309 e. The van der Waals surface area contributed by atoms with Crippen LogP contribution >= 0.6 is 0 Å². The number of carbonyl (C=O) groups is 1. The minimum absolute atomic E-state index is 0.310. The second-order valence-corrected chi connectivity index (χ2v) is 5.70. The number of ether oxygens (including phenoxy) is 1. The Kier molecular flexibility index (Phi) is 4.36. The third-order valence-corrected chi connectivity index (χ3v) is 3.94. The minimum atomic E-state index is -0.636. The Morgan fingerprint density at radius 2 is 1.81 bits per heavy atom. The van der Waals surface area contributed by atoms with Crippen LogP contribution < -0.4 is 0 Å². The topological polar surface area (TPSA) is 46.5 Å². The molecule has 3 nitrogen and oxygen atoms in total. The third kappa shape index (κ3) is 3.21. The molecule has 1 aliphatic rings. The molecule has 3 heteroatoms. The first kappa shape index (κ1) is 13.5. The summed E-state index contributed by atoms with van der Waals surface area (Å²) in [6.45, 7) is 7.63. The average molecular weight is 228 g/mol. The number of hydrogen-bond acceptors (Lipinski definition) is 2. The van der Waals surface area contributed by atoms with Crippen molar-refractivity contribution in [2.24, 2.45) is 10.8 Å². The summed E-state index contributed by atoms with van der Waals surface area (Å²) in [6, 6.07) is 0. The van der Waals surface area contributed by atoms with Gasteiger partial charge in [0.25, 0.3) is 0 Å². The first-order chi connectivity index (χ1) is 7.42. The third-order valence-electron chi connectivity index (χ3n) is 3.94. The molecule has 16 heavy (non-hydrogen) atoms. The molecule has 0 aromatic rings. The van der Waals surface area contributed by atoms with E-state index >= 15 is 0 Å². The lowest BCUT2D eigenvalue weighted by atomic mass is 9.64. The largest absolute Gasteiger partial charge is 0.481 e. The van der Waals surface area contributed by atoms with Crippen LogP contribution in [0, 0.1) is 10.8 Å². The van der Waals surface area contributed by atoms with Gasteiger partial charge < -0.3 is 9.84 Å². The molecule has 1 fully saturated rings. The van der Waals surface area contributed by atoms with Gasteiger partial charge >= 0.3 is 5.97 Å². The van der Waals surface area contributed by atoms with Crippen molar-refractivity contribution in [2.45, 2.75) is 52.9 Å². The zero-order valence-corrected chi connectivity index (χ0v) is 10.7. The summed E-state index contributed by atoms with van der Waals surface area (Å²) >= 11 is 0. The van der Waals surface area contributed by atoms with E-state index in [1.807, 2.05) is 6.92 Å². The van der Waals surface area contributed by atoms with Crippen LogP contribution in [0.2, 0.25) is 0 Å². The molecule has 1 aliphatic carbocycles. The van der Waals surface area contributed by atoms with Gasteiger partial charge in [0.1, 0.15) is 0 Å². The zero-order valence-electron chi connectivity index (χ0n) is 10.7. The number of carboxylic acid groups (broad SMARTS) is 1. The van der Waals surface area contributed by atoms with E-state index in [0.29, 0.717) is 25.0 Å². The minimum Gasteiger partial charge on any atom is -0.481 e. The van der Waals surface area contributed by atoms with Gasteiger partial charge in [0.05, 0.1) is 5.41 Å². The Morgan fingerprint density at radius 3 is 2.25 bits per heavy atom. The summed E-state index contributed by atoms with van der Waals surface area (Å²) in [7, 11) is 0. The van der Waals surface area contributed by atoms with Gasteiger partial charge in [-0.3, -0.25) is 4.79 Å². The van der Waals surface area contributed by atoms with E-state index < -0.39 is 11.4 Å². The lowest BCUT2D eigenvalue weighted by Crippen LogP contribution is -2.38. The van der Waals surface area contributed by atoms with E-state index in [1.54, 1.807) is 0 Å². The van der Waals surface area contributed by atoms with Crippen molar-refractivity contribution < 1.29 is 14.6 Å². The van der Waals surface area contributed by atoms with Crippen molar-refractivity contribution in [3.8, 4) is 0 Å². The highest BCUT2D eigenvalue weighted by atomic mass is 16.5. The first-order valence-electron chi connectivity index (χ1n) is 6.23. The molecule has 1 rings (SSSR count). The van der Waals surface area contributed by atoms with Gasteiger partial charge in [0.2, 0.25) is 0 Å². The maximum atomic E-state index is 11.4. The molecule has 0 unspecified atom stereocenters. The summed E-state index contributed by atoms with van der Waals surface area (Å²) < 4.78 is 5.30. The molecule has 1 saturated carbocycles. The molecule has 0 spiro atoms. The highest BCUT2D eigenvalue weighted by molar-refractivity contribution is 5.74. The van der Waals surface area contributed by atoms with Crippen molar-refractivity contribution in [2.75, 3.05) is 13.2 Å². The van der Waals surface area contributed by atoms with Crippen LogP contribution in [0.3, 0.4) is 0 Å². The molecule has 0 amide bonds. The Hall–Kier alpha value is -0.570. The van der Waals surface area contributed by atoms with E-state index in [9.17, 15) is 9.90 Å². The second kappa shape index (κ2) is 5.17. The number of carboxylic acids is 1. The molecular formula is C13H24O3. The molecule has 0 atom stereocenters. The van der Waals surface area contributed by atoms with Crippen LogP contribution in [-0.4, -0.2) is 24.3 Å². The van der Waals surface area contributed by atoms with E-state index in [4.69, 9.17) is 4.74 Å². The fraction of sp³-hybridized carbons (Fsp3) is 0.923. The summed E-state index contributed by atoms with van der Waals surface area (Å²) in [5, 5.41) is 9.40. The summed E-state index contributed by atoms with van der Waals surface area (Å²) in [6.07, 6.45) is 4.26. The smallest absolute Gasteiger partial charge is 0.309 e. The van der Waals surface area contributed by atoms with Crippen LogP contribution in [-0.2, 0) is 9.53 Å². The van der Waals surface area contributed by atoms with Crippen LogP contribution in [0.1, 0.15) is 52.9 Å². The second-order valence-electron chi connectivity index (χ2n) is 5.70. The molecule has 0 saturated heterocycles. The quantitative estimate of drug-likeness (QED) is 0.735. The predicted octanol–water partition coefficient (Wildman–Crippen LogP) is 3.08. The SMILES string of the molecule is CCOCCC1(C(=O)O)CCC(C)(C)CC1. The Labute approximate surface area is 98.2 Å². The van der Waals surface area contributed by atoms with Crippen molar-refractivity contribution in [3.05, 3.63) is 0 Å². The summed E-state index contributed by atoms with van der Waals surface area (Å²) in [4.78, 5) is 11.4. The van der Waals surface area contributed by atoms with Crippen LogP contribution in [0.25, 0.3) is 0 Å². The highest BCUT2D eigenvalue weighted by Gasteiger charge is 2.43. The van der Waals surface area contributed by atoms with E-state index in [-0.39, 0.29) is 0 Å². The fourth-order valence-electron chi connectivity index (χ4n) is 2.39. The van der Waals surface area contributed by atoms with Gasteiger partial charge in [-0.1, -0.05) is 13.8 Å². The molecule has 0 heterocycles. The molecule has 0 aromatic carbocycles. The molecule has 0 bridgehead atoms. The lowest BCUT2D eigenvalue weighted by Gasteiger charge is -2.40. The van der Waals surface area contributed by atoms with Gasteiger partial charge in [0, 0.05) is 13.2 Å². The Balaban J connectivity index is 2.58. The zero-order chi connectivity index (χ0) is 12.2. The van der Waals surface area contributed by atoms with Crippen LogP contribution in [0.5, 0.6) is 0 Å². The van der Waals surface area contributed by atoms with Gasteiger partial charge in [-0.15, -0.1) is 0 Å². The fourth-order valence-corrected chi connectivity index (χ4v) is 2.39.